The minimum Gasteiger partial charge on any atom is -0.369 e. The lowest BCUT2D eigenvalue weighted by atomic mass is 9.63. The Bertz CT molecular complexity index is 469. The molecule has 2 unspecified atom stereocenters. The van der Waals surface area contributed by atoms with Gasteiger partial charge in [0.25, 0.3) is 0 Å². The number of benzene rings is 1. The lowest BCUT2D eigenvalue weighted by Gasteiger charge is -2.40. The van der Waals surface area contributed by atoms with Crippen LogP contribution >= 0.6 is 0 Å². The van der Waals surface area contributed by atoms with Crippen molar-refractivity contribution in [1.29, 1.82) is 0 Å². The summed E-state index contributed by atoms with van der Waals surface area (Å²) in [5, 5.41) is 3.32. The summed E-state index contributed by atoms with van der Waals surface area (Å²) in [5.74, 6) is 0.0125. The van der Waals surface area contributed by atoms with Gasteiger partial charge >= 0.3 is 0 Å². The summed E-state index contributed by atoms with van der Waals surface area (Å²) >= 11 is 0. The van der Waals surface area contributed by atoms with Gasteiger partial charge in [-0.15, -0.1) is 0 Å². The second kappa shape index (κ2) is 6.71. The highest BCUT2D eigenvalue weighted by Gasteiger charge is 2.44. The van der Waals surface area contributed by atoms with Crippen LogP contribution in [0.3, 0.4) is 0 Å². The maximum Gasteiger partial charge on any atom is 0.224 e. The molecule has 1 amide bonds. The monoisotopic (exact) mass is 272 g/mol. The number of hydrogen-bond donors (Lipinski definition) is 2. The molecule has 0 aromatic heterocycles. The number of hydrogen-bond acceptors (Lipinski definition) is 2. The molecule has 0 aliphatic heterocycles. The highest BCUT2D eigenvalue weighted by atomic mass is 16.1. The molecule has 1 aliphatic rings. The molecule has 0 saturated carbocycles. The van der Waals surface area contributed by atoms with Gasteiger partial charge in [0, 0.05) is 5.92 Å². The average Bonchev–Trinajstić information content (AvgIpc) is 2.48. The van der Waals surface area contributed by atoms with Crippen LogP contribution in [0.1, 0.15) is 37.7 Å². The van der Waals surface area contributed by atoms with Gasteiger partial charge in [0.2, 0.25) is 5.91 Å². The summed E-state index contributed by atoms with van der Waals surface area (Å²) in [4.78, 5) is 12.2. The van der Waals surface area contributed by atoms with Crippen LogP contribution in [0.4, 0.5) is 0 Å². The number of nitrogens with one attached hydrogen (secondary N) is 1. The number of amides is 1. The first-order chi connectivity index (χ1) is 9.70. The van der Waals surface area contributed by atoms with Crippen molar-refractivity contribution in [2.75, 3.05) is 13.1 Å². The SMILES string of the molecule is CCNCCC1(C(N)=O)CC=CCC1c1ccccc1. The average molecular weight is 272 g/mol. The van der Waals surface area contributed by atoms with Crippen LogP contribution in [0, 0.1) is 5.41 Å². The van der Waals surface area contributed by atoms with E-state index >= 15 is 0 Å². The highest BCUT2D eigenvalue weighted by molar-refractivity contribution is 5.82. The fourth-order valence-electron chi connectivity index (χ4n) is 3.19. The molecular formula is C17H24N2O. The number of primary amides is 1. The molecule has 2 atom stereocenters. The lowest BCUT2D eigenvalue weighted by Crippen LogP contribution is -2.45. The van der Waals surface area contributed by atoms with E-state index in [9.17, 15) is 4.79 Å². The second-order valence-corrected chi connectivity index (χ2v) is 5.50. The molecule has 1 aliphatic carbocycles. The van der Waals surface area contributed by atoms with Gasteiger partial charge in [0.1, 0.15) is 0 Å². The van der Waals surface area contributed by atoms with Crippen molar-refractivity contribution in [3.8, 4) is 0 Å². The fraction of sp³-hybridized carbons (Fsp3) is 0.471. The Morgan fingerprint density at radius 1 is 1.35 bits per heavy atom. The molecule has 3 N–H and O–H groups in total. The molecule has 0 radical (unpaired) electrons. The smallest absolute Gasteiger partial charge is 0.224 e. The first-order valence-corrected chi connectivity index (χ1v) is 7.41. The van der Waals surface area contributed by atoms with E-state index in [1.54, 1.807) is 0 Å². The number of carbonyl (C=O) groups excluding carboxylic acids is 1. The number of carbonyl (C=O) groups is 1. The van der Waals surface area contributed by atoms with Gasteiger partial charge < -0.3 is 11.1 Å². The first-order valence-electron chi connectivity index (χ1n) is 7.41. The quantitative estimate of drug-likeness (QED) is 0.618. The summed E-state index contributed by atoms with van der Waals surface area (Å²) in [5.41, 5.74) is 6.57. The maximum absolute atomic E-state index is 12.2. The van der Waals surface area contributed by atoms with Crippen molar-refractivity contribution in [3.05, 3.63) is 48.0 Å². The van der Waals surface area contributed by atoms with Gasteiger partial charge in [-0.1, -0.05) is 49.4 Å². The lowest BCUT2D eigenvalue weighted by molar-refractivity contribution is -0.129. The van der Waals surface area contributed by atoms with Gasteiger partial charge in [0.05, 0.1) is 5.41 Å². The number of nitrogens with two attached hydrogens (primary N) is 1. The van der Waals surface area contributed by atoms with Crippen LogP contribution < -0.4 is 11.1 Å². The molecule has 3 nitrogen and oxygen atoms in total. The zero-order valence-corrected chi connectivity index (χ0v) is 12.1. The minimum absolute atomic E-state index is 0.173. The van der Waals surface area contributed by atoms with Gasteiger partial charge in [0.15, 0.2) is 0 Å². The zero-order chi connectivity index (χ0) is 14.4. The van der Waals surface area contributed by atoms with Crippen molar-refractivity contribution in [2.24, 2.45) is 11.1 Å². The van der Waals surface area contributed by atoms with Crippen molar-refractivity contribution in [3.63, 3.8) is 0 Å². The summed E-state index contributed by atoms with van der Waals surface area (Å²) in [6.45, 7) is 3.82. The van der Waals surface area contributed by atoms with Crippen LogP contribution in [-0.2, 0) is 4.79 Å². The highest BCUT2D eigenvalue weighted by Crippen LogP contribution is 2.46. The maximum atomic E-state index is 12.2. The Kier molecular flexibility index (Phi) is 4.96. The fourth-order valence-corrected chi connectivity index (χ4v) is 3.19. The van der Waals surface area contributed by atoms with E-state index in [0.29, 0.717) is 0 Å². The first kappa shape index (κ1) is 14.8. The molecule has 20 heavy (non-hydrogen) atoms. The molecule has 0 saturated heterocycles. The Morgan fingerprint density at radius 3 is 2.75 bits per heavy atom. The standard InChI is InChI=1S/C17H24N2O/c1-2-19-13-12-17(16(18)20)11-7-6-10-15(17)14-8-4-3-5-9-14/h3-9,15,19H,2,10-13H2,1H3,(H2,18,20). The predicted octanol–water partition coefficient (Wildman–Crippen LogP) is 2.59. The van der Waals surface area contributed by atoms with E-state index in [1.165, 1.54) is 5.56 Å². The van der Waals surface area contributed by atoms with Crippen LogP contribution in [0.2, 0.25) is 0 Å². The van der Waals surface area contributed by atoms with Gasteiger partial charge in [-0.25, -0.2) is 0 Å². The summed E-state index contributed by atoms with van der Waals surface area (Å²) in [6.07, 6.45) is 6.70. The summed E-state index contributed by atoms with van der Waals surface area (Å²) < 4.78 is 0. The van der Waals surface area contributed by atoms with E-state index in [1.807, 2.05) is 18.2 Å². The van der Waals surface area contributed by atoms with E-state index in [-0.39, 0.29) is 11.8 Å². The Labute approximate surface area is 121 Å². The third-order valence-electron chi connectivity index (χ3n) is 4.38. The van der Waals surface area contributed by atoms with Crippen LogP contribution in [-0.4, -0.2) is 19.0 Å². The Hall–Kier alpha value is -1.61. The summed E-state index contributed by atoms with van der Waals surface area (Å²) in [7, 11) is 0. The molecule has 0 bridgehead atoms. The Morgan fingerprint density at radius 2 is 2.10 bits per heavy atom. The minimum atomic E-state index is -0.460. The van der Waals surface area contributed by atoms with Crippen LogP contribution in [0.25, 0.3) is 0 Å². The number of rotatable bonds is 6. The van der Waals surface area contributed by atoms with Gasteiger partial charge in [-0.3, -0.25) is 4.79 Å². The van der Waals surface area contributed by atoms with E-state index in [0.717, 1.165) is 32.4 Å². The van der Waals surface area contributed by atoms with E-state index < -0.39 is 5.41 Å². The van der Waals surface area contributed by atoms with Crippen molar-refractivity contribution < 1.29 is 4.79 Å². The summed E-state index contributed by atoms with van der Waals surface area (Å²) in [6, 6.07) is 10.3. The molecule has 0 heterocycles. The molecule has 1 aromatic rings. The largest absolute Gasteiger partial charge is 0.369 e. The number of allylic oxidation sites excluding steroid dienone is 2. The molecular weight excluding hydrogens is 248 g/mol. The Balaban J connectivity index is 2.30. The molecule has 3 heteroatoms. The van der Waals surface area contributed by atoms with Crippen molar-refractivity contribution >= 4 is 5.91 Å². The zero-order valence-electron chi connectivity index (χ0n) is 12.1. The molecule has 0 spiro atoms. The topological polar surface area (TPSA) is 55.1 Å². The molecule has 1 aromatic carbocycles. The van der Waals surface area contributed by atoms with Crippen molar-refractivity contribution in [1.82, 2.24) is 5.32 Å². The van der Waals surface area contributed by atoms with Crippen LogP contribution in [0.15, 0.2) is 42.5 Å². The normalized spacial score (nSPS) is 25.6. The third-order valence-corrected chi connectivity index (χ3v) is 4.38. The molecule has 0 fully saturated rings. The van der Waals surface area contributed by atoms with Crippen molar-refractivity contribution in [2.45, 2.75) is 32.1 Å². The molecule has 108 valence electrons. The van der Waals surface area contributed by atoms with Gasteiger partial charge in [-0.2, -0.15) is 0 Å². The van der Waals surface area contributed by atoms with Crippen LogP contribution in [0.5, 0.6) is 0 Å². The molecule has 2 rings (SSSR count). The predicted molar refractivity (Wildman–Crippen MR) is 82.3 cm³/mol. The third kappa shape index (κ3) is 2.93. The van der Waals surface area contributed by atoms with E-state index in [2.05, 4.69) is 36.5 Å². The van der Waals surface area contributed by atoms with E-state index in [4.69, 9.17) is 5.73 Å². The van der Waals surface area contributed by atoms with Gasteiger partial charge in [-0.05, 0) is 37.9 Å². The second-order valence-electron chi connectivity index (χ2n) is 5.50.